The molecule has 7 heteroatoms. The zero-order chi connectivity index (χ0) is 20.7. The van der Waals surface area contributed by atoms with Gasteiger partial charge in [-0.25, -0.2) is 4.90 Å². The normalized spacial score (nSPS) is 14.1. The van der Waals surface area contributed by atoms with Gasteiger partial charge in [-0.2, -0.15) is 0 Å². The lowest BCUT2D eigenvalue weighted by Gasteiger charge is -2.18. The van der Waals surface area contributed by atoms with Crippen molar-refractivity contribution in [2.75, 3.05) is 10.2 Å². The number of imide groups is 1. The first-order valence-corrected chi connectivity index (χ1v) is 10.5. The van der Waals surface area contributed by atoms with Gasteiger partial charge in [-0.15, -0.1) is 11.3 Å². The van der Waals surface area contributed by atoms with Gasteiger partial charge in [0.1, 0.15) is 5.70 Å². The summed E-state index contributed by atoms with van der Waals surface area (Å²) < 4.78 is 0. The molecule has 1 aromatic heterocycles. The van der Waals surface area contributed by atoms with Crippen LogP contribution in [-0.2, 0) is 9.59 Å². The van der Waals surface area contributed by atoms with E-state index in [9.17, 15) is 9.59 Å². The number of benzene rings is 2. The molecule has 4 rings (SSSR count). The Morgan fingerprint density at radius 1 is 0.966 bits per heavy atom. The van der Waals surface area contributed by atoms with Crippen molar-refractivity contribution < 1.29 is 9.59 Å². The van der Waals surface area contributed by atoms with Gasteiger partial charge in [0.2, 0.25) is 0 Å². The van der Waals surface area contributed by atoms with Crippen LogP contribution in [0.5, 0.6) is 0 Å². The molecule has 3 aromatic rings. The Balaban J connectivity index is 1.85. The van der Waals surface area contributed by atoms with E-state index in [1.54, 1.807) is 30.3 Å². The Bertz CT molecular complexity index is 1170. The molecule has 4 nitrogen and oxygen atoms in total. The lowest BCUT2D eigenvalue weighted by molar-refractivity contribution is -0.120. The molecule has 0 radical (unpaired) electrons. The third kappa shape index (κ3) is 3.46. The minimum Gasteiger partial charge on any atom is -0.350 e. The Kier molecular flexibility index (Phi) is 5.21. The fourth-order valence-electron chi connectivity index (χ4n) is 3.21. The molecule has 2 amide bonds. The van der Waals surface area contributed by atoms with Crippen LogP contribution in [0.15, 0.2) is 59.6 Å². The van der Waals surface area contributed by atoms with Gasteiger partial charge in [0.15, 0.2) is 0 Å². The largest absolute Gasteiger partial charge is 0.350 e. The van der Waals surface area contributed by atoms with E-state index in [2.05, 4.69) is 5.32 Å². The Labute approximate surface area is 182 Å². The average molecular weight is 443 g/mol. The summed E-state index contributed by atoms with van der Waals surface area (Å²) in [7, 11) is 0. The highest BCUT2D eigenvalue weighted by molar-refractivity contribution is 7.11. The lowest BCUT2D eigenvalue weighted by Crippen LogP contribution is -2.33. The third-order valence-corrected chi connectivity index (χ3v) is 6.32. The summed E-state index contributed by atoms with van der Waals surface area (Å²) >= 11 is 13.8. The second kappa shape index (κ2) is 7.67. The molecule has 0 spiro atoms. The maximum Gasteiger partial charge on any atom is 0.282 e. The highest BCUT2D eigenvalue weighted by Crippen LogP contribution is 2.38. The zero-order valence-electron chi connectivity index (χ0n) is 15.6. The second-order valence-corrected chi connectivity index (χ2v) is 8.43. The number of hydrogen-bond donors (Lipinski definition) is 1. The highest BCUT2D eigenvalue weighted by atomic mass is 35.5. The number of carbonyl (C=O) groups is 2. The zero-order valence-corrected chi connectivity index (χ0v) is 18.0. The molecule has 2 aromatic carbocycles. The van der Waals surface area contributed by atoms with Crippen LogP contribution in [-0.4, -0.2) is 11.8 Å². The molecule has 1 aliphatic rings. The molecule has 0 saturated carbocycles. The number of anilines is 2. The van der Waals surface area contributed by atoms with E-state index in [0.717, 1.165) is 11.1 Å². The van der Waals surface area contributed by atoms with Crippen LogP contribution < -0.4 is 10.2 Å². The number of thiophene rings is 1. The second-order valence-electron chi connectivity index (χ2n) is 6.64. The van der Waals surface area contributed by atoms with Gasteiger partial charge in [-0.05, 0) is 60.7 Å². The minimum absolute atomic E-state index is 0.224. The van der Waals surface area contributed by atoms with Crippen molar-refractivity contribution in [3.63, 3.8) is 0 Å². The fraction of sp³-hybridized carbons (Fsp3) is 0.0909. The molecule has 0 atom stereocenters. The summed E-state index contributed by atoms with van der Waals surface area (Å²) in [6.45, 7) is 3.69. The number of nitrogens with zero attached hydrogens (tertiary/aromatic N) is 1. The lowest BCUT2D eigenvalue weighted by atomic mass is 10.1. The molecular formula is C22H16Cl2N2O2S. The van der Waals surface area contributed by atoms with Crippen molar-refractivity contribution in [1.82, 2.24) is 0 Å². The molecule has 146 valence electrons. The molecule has 0 saturated heterocycles. The summed E-state index contributed by atoms with van der Waals surface area (Å²) in [6.07, 6.45) is 0. The molecule has 2 heterocycles. The van der Waals surface area contributed by atoms with E-state index in [1.807, 2.05) is 37.4 Å². The van der Waals surface area contributed by atoms with Crippen LogP contribution >= 0.6 is 34.5 Å². The molecule has 1 N–H and O–H groups in total. The number of halogens is 2. The highest BCUT2D eigenvalue weighted by Gasteiger charge is 2.41. The minimum atomic E-state index is -0.428. The average Bonchev–Trinajstić information content (AvgIpc) is 3.28. The van der Waals surface area contributed by atoms with Crippen molar-refractivity contribution in [3.8, 4) is 0 Å². The topological polar surface area (TPSA) is 49.4 Å². The fourth-order valence-corrected chi connectivity index (χ4v) is 4.32. The molecule has 1 aliphatic heterocycles. The first kappa shape index (κ1) is 19.7. The van der Waals surface area contributed by atoms with Crippen molar-refractivity contribution in [2.45, 2.75) is 13.8 Å². The first-order valence-electron chi connectivity index (χ1n) is 8.83. The number of carbonyl (C=O) groups excluding carboxylic acids is 2. The van der Waals surface area contributed by atoms with Crippen LogP contribution in [0.1, 0.15) is 16.0 Å². The van der Waals surface area contributed by atoms with Gasteiger partial charge in [-0.1, -0.05) is 41.4 Å². The van der Waals surface area contributed by atoms with Gasteiger partial charge in [-0.3, -0.25) is 9.59 Å². The molecule has 0 aliphatic carbocycles. The van der Waals surface area contributed by atoms with Crippen LogP contribution in [0.2, 0.25) is 10.0 Å². The quantitative estimate of drug-likeness (QED) is 0.498. The van der Waals surface area contributed by atoms with Crippen molar-refractivity contribution in [3.05, 3.63) is 85.7 Å². The Hall–Kier alpha value is -2.60. The predicted octanol–water partition coefficient (Wildman–Crippen LogP) is 6.07. The monoisotopic (exact) mass is 442 g/mol. The van der Waals surface area contributed by atoms with Crippen LogP contribution in [0.4, 0.5) is 11.4 Å². The maximum atomic E-state index is 13.4. The standard InChI is InChI=1S/C22H16Cl2N2O2S/c1-12-8-9-14(23)11-17(12)26-21(27)19(18-7-4-10-29-18)20(22(26)28)25-16-6-3-5-15(24)13(16)2/h3-11,25H,1-2H3. The molecular weight excluding hydrogens is 427 g/mol. The molecule has 0 unspecified atom stereocenters. The molecule has 0 bridgehead atoms. The van der Waals surface area contributed by atoms with E-state index in [1.165, 1.54) is 16.2 Å². The van der Waals surface area contributed by atoms with Crippen LogP contribution in [0, 0.1) is 13.8 Å². The van der Waals surface area contributed by atoms with Crippen LogP contribution in [0.25, 0.3) is 5.57 Å². The smallest absolute Gasteiger partial charge is 0.282 e. The molecule has 0 fully saturated rings. The van der Waals surface area contributed by atoms with Crippen molar-refractivity contribution in [1.29, 1.82) is 0 Å². The van der Waals surface area contributed by atoms with Crippen LogP contribution in [0.3, 0.4) is 0 Å². The number of rotatable bonds is 4. The van der Waals surface area contributed by atoms with Crippen molar-refractivity contribution in [2.24, 2.45) is 0 Å². The van der Waals surface area contributed by atoms with Gasteiger partial charge in [0.25, 0.3) is 11.8 Å². The maximum absolute atomic E-state index is 13.4. The van der Waals surface area contributed by atoms with E-state index >= 15 is 0 Å². The van der Waals surface area contributed by atoms with Crippen molar-refractivity contribution >= 4 is 63.3 Å². The third-order valence-electron chi connectivity index (χ3n) is 4.79. The van der Waals surface area contributed by atoms with Gasteiger partial charge >= 0.3 is 0 Å². The summed E-state index contributed by atoms with van der Waals surface area (Å²) in [6, 6.07) is 14.2. The van der Waals surface area contributed by atoms with E-state index in [4.69, 9.17) is 23.2 Å². The first-order chi connectivity index (χ1) is 13.9. The van der Waals surface area contributed by atoms with Gasteiger partial charge in [0, 0.05) is 20.6 Å². The van der Waals surface area contributed by atoms with Gasteiger partial charge < -0.3 is 5.32 Å². The Morgan fingerprint density at radius 3 is 2.48 bits per heavy atom. The SMILES string of the molecule is Cc1ccc(Cl)cc1N1C(=O)C(Nc2cccc(Cl)c2C)=C(c2cccs2)C1=O. The summed E-state index contributed by atoms with van der Waals surface area (Å²) in [5.74, 6) is -0.812. The van der Waals surface area contributed by atoms with E-state index in [0.29, 0.717) is 31.9 Å². The summed E-state index contributed by atoms with van der Waals surface area (Å²) in [5, 5.41) is 6.06. The molecule has 29 heavy (non-hydrogen) atoms. The Morgan fingerprint density at radius 2 is 1.76 bits per heavy atom. The number of nitrogens with one attached hydrogen (secondary N) is 1. The number of hydrogen-bond acceptors (Lipinski definition) is 4. The number of aryl methyl sites for hydroxylation is 1. The number of amides is 2. The summed E-state index contributed by atoms with van der Waals surface area (Å²) in [5.41, 5.74) is 3.28. The predicted molar refractivity (Wildman–Crippen MR) is 120 cm³/mol. The van der Waals surface area contributed by atoms with Gasteiger partial charge in [0.05, 0.1) is 11.3 Å². The summed E-state index contributed by atoms with van der Waals surface area (Å²) in [4.78, 5) is 28.7. The van der Waals surface area contributed by atoms with E-state index < -0.39 is 5.91 Å². The van der Waals surface area contributed by atoms with E-state index in [-0.39, 0.29) is 11.6 Å².